The minimum absolute atomic E-state index is 0.0381. The zero-order valence-electron chi connectivity index (χ0n) is 37.4. The van der Waals surface area contributed by atoms with Gasteiger partial charge in [-0.15, -0.1) is 0 Å². The average molecular weight is 900 g/mol. The number of piperidine rings is 4. The van der Waals surface area contributed by atoms with Gasteiger partial charge in [0.05, 0.1) is 17.5 Å². The lowest BCUT2D eigenvalue weighted by molar-refractivity contribution is -0.216. The molecule has 6 aliphatic rings. The Bertz CT molecular complexity index is 2330. The summed E-state index contributed by atoms with van der Waals surface area (Å²) in [5, 5.41) is 15.6. The maximum Gasteiger partial charge on any atom is 0.416 e. The molecule has 12 unspecified atom stereocenters. The fourth-order valence-corrected chi connectivity index (χ4v) is 11.4. The zero-order valence-corrected chi connectivity index (χ0v) is 37.4. The van der Waals surface area contributed by atoms with Crippen LogP contribution in [0.25, 0.3) is 0 Å². The molecule has 6 heterocycles. The zero-order chi connectivity index (χ0) is 45.9. The van der Waals surface area contributed by atoms with Crippen LogP contribution in [0.5, 0.6) is 0 Å². The summed E-state index contributed by atoms with van der Waals surface area (Å²) in [4.78, 5) is 60.4. The molecule has 0 bridgehead atoms. The van der Waals surface area contributed by atoms with Crippen LogP contribution in [-0.2, 0) is 30.3 Å². The number of nitrogens with zero attached hydrogens (tertiary/aromatic N) is 2. The van der Waals surface area contributed by atoms with Crippen LogP contribution in [0, 0.1) is 18.8 Å². The second kappa shape index (κ2) is 18.0. The molecule has 7 N–H and O–H groups in total. The van der Waals surface area contributed by atoms with Crippen molar-refractivity contribution >= 4 is 40.7 Å². The van der Waals surface area contributed by atoms with Crippen LogP contribution < -0.4 is 37.4 Å². The lowest BCUT2D eigenvalue weighted by Gasteiger charge is -2.49. The SMILES string of the molecule is Cc1ccc(NC(=O)C2NC(C)OC2C(F)(F)F)cc1C1CC2CNC(C)CC2N(CCc2ccc(NC(=O)C3NNc4ccccc43)cc2C2CC3CNC(C)CC3N(C)C2=O)C1=O. The lowest BCUT2D eigenvalue weighted by atomic mass is 9.74. The van der Waals surface area contributed by atoms with Gasteiger partial charge in [0.15, 0.2) is 6.10 Å². The third kappa shape index (κ3) is 8.97. The van der Waals surface area contributed by atoms with Crippen molar-refractivity contribution in [2.24, 2.45) is 11.8 Å². The van der Waals surface area contributed by atoms with E-state index in [0.29, 0.717) is 55.3 Å². The monoisotopic (exact) mass is 899 g/mol. The van der Waals surface area contributed by atoms with Gasteiger partial charge >= 0.3 is 6.18 Å². The summed E-state index contributed by atoms with van der Waals surface area (Å²) in [6.07, 6.45) is -4.67. The highest BCUT2D eigenvalue weighted by Gasteiger charge is 2.54. The van der Waals surface area contributed by atoms with Crippen LogP contribution in [0.2, 0.25) is 0 Å². The van der Waals surface area contributed by atoms with E-state index in [1.165, 1.54) is 6.92 Å². The van der Waals surface area contributed by atoms with Crippen molar-refractivity contribution < 1.29 is 37.1 Å². The summed E-state index contributed by atoms with van der Waals surface area (Å²) in [5.74, 6) is -1.77. The van der Waals surface area contributed by atoms with E-state index in [9.17, 15) is 32.3 Å². The molecule has 0 spiro atoms. The number of halogens is 3. The first-order valence-corrected chi connectivity index (χ1v) is 23.0. The summed E-state index contributed by atoms with van der Waals surface area (Å²) >= 11 is 0. The number of anilines is 3. The summed E-state index contributed by atoms with van der Waals surface area (Å²) in [6, 6.07) is 16.9. The van der Waals surface area contributed by atoms with Crippen LogP contribution in [0.1, 0.15) is 92.1 Å². The molecule has 0 aromatic heterocycles. The van der Waals surface area contributed by atoms with Gasteiger partial charge in [-0.05, 0) is 124 Å². The minimum Gasteiger partial charge on any atom is -0.349 e. The Labute approximate surface area is 377 Å². The Morgan fingerprint density at radius 3 is 2.14 bits per heavy atom. The first-order valence-electron chi connectivity index (χ1n) is 23.0. The molecule has 17 heteroatoms. The Morgan fingerprint density at radius 1 is 0.785 bits per heavy atom. The normalized spacial score (nSPS) is 32.3. The van der Waals surface area contributed by atoms with Gasteiger partial charge in [0.1, 0.15) is 18.3 Å². The molecule has 3 aromatic rings. The van der Waals surface area contributed by atoms with Crippen molar-refractivity contribution in [2.75, 3.05) is 42.7 Å². The third-order valence-corrected chi connectivity index (χ3v) is 14.8. The molecule has 0 saturated carbocycles. The first kappa shape index (κ1) is 45.1. The van der Waals surface area contributed by atoms with Crippen molar-refractivity contribution in [1.82, 2.24) is 31.2 Å². The van der Waals surface area contributed by atoms with E-state index in [4.69, 9.17) is 4.74 Å². The molecule has 3 aromatic carbocycles. The van der Waals surface area contributed by atoms with Gasteiger partial charge in [-0.1, -0.05) is 30.3 Å². The molecule has 14 nitrogen and oxygen atoms in total. The fourth-order valence-electron chi connectivity index (χ4n) is 11.4. The molecule has 9 rings (SSSR count). The van der Waals surface area contributed by atoms with Crippen LogP contribution >= 0.6 is 0 Å². The number of likely N-dealkylation sites (tertiary alicyclic amines) is 2. The fraction of sp³-hybridized carbons (Fsp3) is 0.542. The van der Waals surface area contributed by atoms with Gasteiger partial charge in [0, 0.05) is 67.8 Å². The maximum absolute atomic E-state index is 15.0. The Hall–Kier alpha value is -5.07. The molecular formula is C48H60F3N9O5. The second-order valence-corrected chi connectivity index (χ2v) is 19.2. The molecule has 0 aliphatic carbocycles. The molecular weight excluding hydrogens is 840 g/mol. The van der Waals surface area contributed by atoms with E-state index in [0.717, 1.165) is 47.3 Å². The van der Waals surface area contributed by atoms with E-state index >= 15 is 0 Å². The summed E-state index contributed by atoms with van der Waals surface area (Å²) in [6.45, 7) is 9.48. The number of aryl methyl sites for hydroxylation is 1. The smallest absolute Gasteiger partial charge is 0.349 e. The second-order valence-electron chi connectivity index (χ2n) is 19.2. The summed E-state index contributed by atoms with van der Waals surface area (Å²) in [7, 11) is 1.90. The van der Waals surface area contributed by atoms with Crippen LogP contribution in [0.15, 0.2) is 60.7 Å². The van der Waals surface area contributed by atoms with Crippen molar-refractivity contribution in [2.45, 2.75) is 126 Å². The van der Waals surface area contributed by atoms with Crippen molar-refractivity contribution in [3.8, 4) is 0 Å². The van der Waals surface area contributed by atoms with E-state index in [2.05, 4.69) is 51.3 Å². The van der Waals surface area contributed by atoms with Gasteiger partial charge in [0.25, 0.3) is 0 Å². The predicted molar refractivity (Wildman–Crippen MR) is 240 cm³/mol. The molecule has 348 valence electrons. The summed E-state index contributed by atoms with van der Waals surface area (Å²) in [5.41, 5.74) is 12.0. The Morgan fingerprint density at radius 2 is 1.42 bits per heavy atom. The van der Waals surface area contributed by atoms with E-state index in [1.807, 2.05) is 66.2 Å². The van der Waals surface area contributed by atoms with Gasteiger partial charge in [0.2, 0.25) is 23.6 Å². The molecule has 0 radical (unpaired) electrons. The third-order valence-electron chi connectivity index (χ3n) is 14.8. The van der Waals surface area contributed by atoms with Gasteiger partial charge in [-0.25, -0.2) is 5.43 Å². The molecule has 5 fully saturated rings. The van der Waals surface area contributed by atoms with Crippen LogP contribution in [0.3, 0.4) is 0 Å². The Kier molecular flexibility index (Phi) is 12.5. The first-order chi connectivity index (χ1) is 31.0. The molecule has 12 atom stereocenters. The number of likely N-dealkylation sites (N-methyl/N-ethyl adjacent to an activating group) is 1. The number of nitrogens with one attached hydrogen (secondary N) is 7. The molecule has 6 aliphatic heterocycles. The number of amides is 4. The van der Waals surface area contributed by atoms with E-state index in [1.54, 1.807) is 18.2 Å². The number of para-hydroxylation sites is 1. The number of ether oxygens (including phenoxy) is 1. The largest absolute Gasteiger partial charge is 0.416 e. The predicted octanol–water partition coefficient (Wildman–Crippen LogP) is 5.05. The Balaban J connectivity index is 0.992. The molecule has 65 heavy (non-hydrogen) atoms. The number of carbonyl (C=O) groups is 4. The minimum atomic E-state index is -4.74. The van der Waals surface area contributed by atoms with Crippen molar-refractivity contribution in [3.63, 3.8) is 0 Å². The van der Waals surface area contributed by atoms with Crippen molar-refractivity contribution in [3.05, 3.63) is 88.5 Å². The number of hydrazine groups is 1. The van der Waals surface area contributed by atoms with E-state index < -0.39 is 48.3 Å². The number of alkyl halides is 3. The quantitative estimate of drug-likeness (QED) is 0.155. The number of benzene rings is 3. The van der Waals surface area contributed by atoms with Gasteiger partial charge in [-0.3, -0.25) is 24.5 Å². The highest BCUT2D eigenvalue weighted by molar-refractivity contribution is 5.98. The highest BCUT2D eigenvalue weighted by Crippen LogP contribution is 2.43. The standard InChI is InChI=1S/C48H60F3N9O5/c1-24-10-12-31(56-45(62)42-43(48(49,50)51)65-27(4)54-42)20-34(24)36-19-30-23-53-26(3)17-40(30)60(47(36)64)15-14-28-11-13-32(55-44(61)41-33-8-6-7-9-38(33)57-58-41)21-35(28)37-18-29-22-52-25(2)16-39(29)59(5)46(37)63/h6-13,20-21,25-27,29-30,36-37,39-43,52-54,57-58H,14-19,22-23H2,1-5H3,(H,55,61)(H,56,62). The molecule has 5 saturated heterocycles. The van der Waals surface area contributed by atoms with Gasteiger partial charge in [-0.2, -0.15) is 13.2 Å². The van der Waals surface area contributed by atoms with Crippen molar-refractivity contribution in [1.29, 1.82) is 0 Å². The number of carbonyl (C=O) groups excluding carboxylic acids is 4. The highest BCUT2D eigenvalue weighted by atomic mass is 19.4. The molecule has 4 amide bonds. The summed E-state index contributed by atoms with van der Waals surface area (Å²) < 4.78 is 46.4. The average Bonchev–Trinajstić information content (AvgIpc) is 3.90. The van der Waals surface area contributed by atoms with Crippen LogP contribution in [0.4, 0.5) is 30.2 Å². The van der Waals surface area contributed by atoms with E-state index in [-0.39, 0.29) is 47.7 Å². The number of hydrogen-bond acceptors (Lipinski definition) is 10. The number of fused-ring (bicyclic) bond motifs is 3. The maximum atomic E-state index is 15.0. The number of hydrogen-bond donors (Lipinski definition) is 7. The topological polar surface area (TPSA) is 168 Å². The van der Waals surface area contributed by atoms with Gasteiger partial charge < -0.3 is 41.2 Å². The lowest BCUT2D eigenvalue weighted by Crippen LogP contribution is -2.59. The number of rotatable bonds is 9. The van der Waals surface area contributed by atoms with Crippen LogP contribution in [-0.4, -0.2) is 109 Å².